The summed E-state index contributed by atoms with van der Waals surface area (Å²) in [6.45, 7) is 1.57. The largest absolute Gasteiger partial charge is 0.490 e. The smallest absolute Gasteiger partial charge is 0.338 e. The van der Waals surface area contributed by atoms with Gasteiger partial charge in [0.1, 0.15) is 0 Å². The average Bonchev–Trinajstić information content (AvgIpc) is 2.27. The molecule has 6 nitrogen and oxygen atoms in total. The normalized spacial score (nSPS) is 9.69. The van der Waals surface area contributed by atoms with E-state index in [4.69, 9.17) is 4.74 Å². The summed E-state index contributed by atoms with van der Waals surface area (Å²) in [4.78, 5) is 21.5. The second kappa shape index (κ2) is 4.61. The lowest BCUT2D eigenvalue weighted by molar-refractivity contribution is -0.385. The van der Waals surface area contributed by atoms with Crippen LogP contribution in [0.2, 0.25) is 0 Å². The molecule has 0 bridgehead atoms. The van der Waals surface area contributed by atoms with Gasteiger partial charge < -0.3 is 9.47 Å². The first-order valence-corrected chi connectivity index (χ1v) is 4.43. The van der Waals surface area contributed by atoms with Crippen molar-refractivity contribution >= 4 is 11.7 Å². The second-order valence-electron chi connectivity index (χ2n) is 3.04. The van der Waals surface area contributed by atoms with Crippen LogP contribution in [0.4, 0.5) is 5.69 Å². The maximum Gasteiger partial charge on any atom is 0.338 e. The Morgan fingerprint density at radius 1 is 1.38 bits per heavy atom. The molecule has 0 unspecified atom stereocenters. The number of hydrogen-bond donors (Lipinski definition) is 0. The molecule has 0 aliphatic carbocycles. The summed E-state index contributed by atoms with van der Waals surface area (Å²) < 4.78 is 9.48. The first-order chi connectivity index (χ1) is 7.52. The van der Waals surface area contributed by atoms with Crippen molar-refractivity contribution in [3.05, 3.63) is 33.4 Å². The number of benzene rings is 1. The molecular weight excluding hydrogens is 214 g/mol. The molecule has 0 spiro atoms. The first kappa shape index (κ1) is 12.0. The highest BCUT2D eigenvalue weighted by Crippen LogP contribution is 2.32. The molecule has 86 valence electrons. The average molecular weight is 225 g/mol. The fraction of sp³-hybridized carbons (Fsp3) is 0.300. The van der Waals surface area contributed by atoms with Crippen LogP contribution in [-0.4, -0.2) is 25.1 Å². The number of nitro benzene ring substituents is 1. The number of carbonyl (C=O) groups is 1. The fourth-order valence-corrected chi connectivity index (χ4v) is 1.41. The van der Waals surface area contributed by atoms with Gasteiger partial charge in [-0.3, -0.25) is 10.1 Å². The monoisotopic (exact) mass is 225 g/mol. The SMILES string of the molecule is COC(=O)c1ccc([N+](=O)[O-])c(OC)c1C. The zero-order valence-electron chi connectivity index (χ0n) is 9.14. The van der Waals surface area contributed by atoms with Gasteiger partial charge in [-0.25, -0.2) is 4.79 Å². The van der Waals surface area contributed by atoms with E-state index < -0.39 is 10.9 Å². The van der Waals surface area contributed by atoms with Crippen molar-refractivity contribution in [2.24, 2.45) is 0 Å². The molecule has 6 heteroatoms. The molecular formula is C10H11NO5. The highest BCUT2D eigenvalue weighted by molar-refractivity contribution is 5.92. The Bertz CT molecular complexity index is 441. The molecule has 0 aliphatic rings. The fourth-order valence-electron chi connectivity index (χ4n) is 1.41. The van der Waals surface area contributed by atoms with Crippen LogP contribution >= 0.6 is 0 Å². The van der Waals surface area contributed by atoms with Crippen molar-refractivity contribution in [2.45, 2.75) is 6.92 Å². The van der Waals surface area contributed by atoms with Gasteiger partial charge >= 0.3 is 11.7 Å². The summed E-state index contributed by atoms with van der Waals surface area (Å²) in [5, 5.41) is 10.7. The Balaban J connectivity index is 3.40. The van der Waals surface area contributed by atoms with Gasteiger partial charge in [-0.1, -0.05) is 0 Å². The standard InChI is InChI=1S/C10H11NO5/c1-6-7(10(12)16-3)4-5-8(11(13)14)9(6)15-2/h4-5H,1-3H3. The highest BCUT2D eigenvalue weighted by atomic mass is 16.6. The zero-order valence-corrected chi connectivity index (χ0v) is 9.14. The summed E-state index contributed by atoms with van der Waals surface area (Å²) in [6.07, 6.45) is 0. The predicted octanol–water partition coefficient (Wildman–Crippen LogP) is 1.70. The van der Waals surface area contributed by atoms with Crippen LogP contribution in [0.3, 0.4) is 0 Å². The van der Waals surface area contributed by atoms with E-state index in [-0.39, 0.29) is 17.0 Å². The number of esters is 1. The molecule has 0 aromatic heterocycles. The lowest BCUT2D eigenvalue weighted by atomic mass is 10.1. The Kier molecular flexibility index (Phi) is 3.44. The second-order valence-corrected chi connectivity index (χ2v) is 3.04. The summed E-state index contributed by atoms with van der Waals surface area (Å²) >= 11 is 0. The Morgan fingerprint density at radius 3 is 2.44 bits per heavy atom. The Labute approximate surface area is 91.9 Å². The van der Waals surface area contributed by atoms with Crippen molar-refractivity contribution in [1.29, 1.82) is 0 Å². The number of hydrogen-bond acceptors (Lipinski definition) is 5. The quantitative estimate of drug-likeness (QED) is 0.444. The lowest BCUT2D eigenvalue weighted by Gasteiger charge is -2.08. The molecule has 0 saturated carbocycles. The number of nitrogens with zero attached hydrogens (tertiary/aromatic N) is 1. The van der Waals surface area contributed by atoms with Crippen LogP contribution in [-0.2, 0) is 4.74 Å². The van der Waals surface area contributed by atoms with Gasteiger partial charge in [0.15, 0.2) is 0 Å². The van der Waals surface area contributed by atoms with Crippen molar-refractivity contribution < 1.29 is 19.2 Å². The molecule has 0 aliphatic heterocycles. The number of carbonyl (C=O) groups excluding carboxylic acids is 1. The van der Waals surface area contributed by atoms with Crippen LogP contribution in [0.15, 0.2) is 12.1 Å². The molecule has 0 atom stereocenters. The van der Waals surface area contributed by atoms with Crippen molar-refractivity contribution in [2.75, 3.05) is 14.2 Å². The van der Waals surface area contributed by atoms with E-state index in [2.05, 4.69) is 4.74 Å². The first-order valence-electron chi connectivity index (χ1n) is 4.43. The number of nitro groups is 1. The summed E-state index contributed by atoms with van der Waals surface area (Å²) in [5.41, 5.74) is 0.473. The number of ether oxygens (including phenoxy) is 2. The number of rotatable bonds is 3. The maximum atomic E-state index is 11.3. The van der Waals surface area contributed by atoms with Crippen LogP contribution in [0, 0.1) is 17.0 Å². The highest BCUT2D eigenvalue weighted by Gasteiger charge is 2.22. The molecule has 0 fully saturated rings. The van der Waals surface area contributed by atoms with Gasteiger partial charge in [0.05, 0.1) is 24.7 Å². The van der Waals surface area contributed by atoms with E-state index in [1.807, 2.05) is 0 Å². The van der Waals surface area contributed by atoms with Crippen LogP contribution in [0.25, 0.3) is 0 Å². The third-order valence-corrected chi connectivity index (χ3v) is 2.19. The maximum absolute atomic E-state index is 11.3. The third-order valence-electron chi connectivity index (χ3n) is 2.19. The lowest BCUT2D eigenvalue weighted by Crippen LogP contribution is -2.06. The van der Waals surface area contributed by atoms with Gasteiger partial charge in [-0.05, 0) is 13.0 Å². The van der Waals surface area contributed by atoms with E-state index in [9.17, 15) is 14.9 Å². The van der Waals surface area contributed by atoms with Gasteiger partial charge in [-0.2, -0.15) is 0 Å². The summed E-state index contributed by atoms with van der Waals surface area (Å²) in [5.74, 6) is -0.474. The van der Waals surface area contributed by atoms with Crippen LogP contribution in [0.1, 0.15) is 15.9 Å². The van der Waals surface area contributed by atoms with Crippen molar-refractivity contribution in [3.8, 4) is 5.75 Å². The van der Waals surface area contributed by atoms with Crippen molar-refractivity contribution in [3.63, 3.8) is 0 Å². The van der Waals surface area contributed by atoms with E-state index in [1.165, 1.54) is 26.4 Å². The molecule has 0 amide bonds. The van der Waals surface area contributed by atoms with Crippen molar-refractivity contribution in [1.82, 2.24) is 0 Å². The minimum atomic E-state index is -0.563. The third kappa shape index (κ3) is 1.95. The minimum absolute atomic E-state index is 0.0768. The van der Waals surface area contributed by atoms with Crippen LogP contribution in [0.5, 0.6) is 5.75 Å². The van der Waals surface area contributed by atoms with E-state index in [0.29, 0.717) is 5.56 Å². The predicted molar refractivity (Wildman–Crippen MR) is 55.7 cm³/mol. The van der Waals surface area contributed by atoms with Crippen LogP contribution < -0.4 is 4.74 Å². The summed E-state index contributed by atoms with van der Waals surface area (Å²) in [6, 6.07) is 2.57. The molecule has 0 heterocycles. The van der Waals surface area contributed by atoms with Gasteiger partial charge in [0.25, 0.3) is 0 Å². The topological polar surface area (TPSA) is 78.7 Å². The molecule has 0 N–H and O–H groups in total. The van der Waals surface area contributed by atoms with E-state index in [0.717, 1.165) is 0 Å². The van der Waals surface area contributed by atoms with E-state index >= 15 is 0 Å². The minimum Gasteiger partial charge on any atom is -0.490 e. The molecule has 1 rings (SSSR count). The number of methoxy groups -OCH3 is 2. The molecule has 16 heavy (non-hydrogen) atoms. The molecule has 1 aromatic rings. The van der Waals surface area contributed by atoms with Gasteiger partial charge in [0.2, 0.25) is 5.75 Å². The molecule has 0 radical (unpaired) electrons. The zero-order chi connectivity index (χ0) is 12.3. The van der Waals surface area contributed by atoms with E-state index in [1.54, 1.807) is 6.92 Å². The van der Waals surface area contributed by atoms with Gasteiger partial charge in [0, 0.05) is 11.6 Å². The Morgan fingerprint density at radius 2 is 2.00 bits per heavy atom. The Hall–Kier alpha value is -2.11. The summed E-state index contributed by atoms with van der Waals surface area (Å²) in [7, 11) is 2.56. The van der Waals surface area contributed by atoms with Gasteiger partial charge in [-0.15, -0.1) is 0 Å². The molecule has 1 aromatic carbocycles. The molecule has 0 saturated heterocycles.